The van der Waals surface area contributed by atoms with Crippen LogP contribution in [0.3, 0.4) is 0 Å². The molecule has 0 radical (unpaired) electrons. The number of sulfonamides is 1. The fourth-order valence-electron chi connectivity index (χ4n) is 4.26. The molecule has 2 amide bonds. The number of carbonyl (C=O) groups excluding carboxylic acids is 2. The SMILES string of the molecule is C=CCN1C(=O)C(O)(C(C(=O)NS(=O)(=O)c2ccc(C)cc2)c2ccc(F)cc2)c2ccccc21. The van der Waals surface area contributed by atoms with Gasteiger partial charge < -0.3 is 10.0 Å². The van der Waals surface area contributed by atoms with Crippen LogP contribution in [0, 0.1) is 12.7 Å². The first-order chi connectivity index (χ1) is 16.6. The Morgan fingerprint density at radius 3 is 2.37 bits per heavy atom. The number of halogens is 1. The van der Waals surface area contributed by atoms with Gasteiger partial charge in [0.15, 0.2) is 5.60 Å². The number of aliphatic hydroxyl groups is 1. The molecule has 3 aromatic rings. The molecule has 4 rings (SSSR count). The molecule has 1 aliphatic heterocycles. The van der Waals surface area contributed by atoms with Crippen molar-refractivity contribution in [2.75, 3.05) is 11.4 Å². The van der Waals surface area contributed by atoms with Gasteiger partial charge in [-0.05, 0) is 42.8 Å². The Kier molecular flexibility index (Phi) is 6.31. The molecule has 0 spiro atoms. The maximum Gasteiger partial charge on any atom is 0.265 e. The predicted molar refractivity (Wildman–Crippen MR) is 129 cm³/mol. The minimum absolute atomic E-state index is 0.0532. The minimum atomic E-state index is -4.34. The van der Waals surface area contributed by atoms with E-state index in [0.717, 1.165) is 17.7 Å². The summed E-state index contributed by atoms with van der Waals surface area (Å²) in [7, 11) is -4.34. The number of anilines is 1. The van der Waals surface area contributed by atoms with Gasteiger partial charge in [0.25, 0.3) is 15.9 Å². The first-order valence-electron chi connectivity index (χ1n) is 10.7. The Morgan fingerprint density at radius 2 is 1.74 bits per heavy atom. The van der Waals surface area contributed by atoms with Crippen molar-refractivity contribution in [1.82, 2.24) is 4.72 Å². The van der Waals surface area contributed by atoms with Gasteiger partial charge in [0, 0.05) is 12.1 Å². The average molecular weight is 495 g/mol. The lowest BCUT2D eigenvalue weighted by Crippen LogP contribution is -2.50. The number of benzene rings is 3. The van der Waals surface area contributed by atoms with E-state index in [2.05, 4.69) is 6.58 Å². The molecule has 2 N–H and O–H groups in total. The maximum absolute atomic E-state index is 13.7. The molecular weight excluding hydrogens is 471 g/mol. The normalized spacial score (nSPS) is 18.1. The van der Waals surface area contributed by atoms with Crippen molar-refractivity contribution in [3.8, 4) is 0 Å². The zero-order chi connectivity index (χ0) is 25.4. The van der Waals surface area contributed by atoms with Crippen molar-refractivity contribution in [3.63, 3.8) is 0 Å². The highest BCUT2D eigenvalue weighted by molar-refractivity contribution is 7.90. The van der Waals surface area contributed by atoms with Crippen LogP contribution >= 0.6 is 0 Å². The van der Waals surface area contributed by atoms with Crippen molar-refractivity contribution in [3.05, 3.63) is 108 Å². The molecule has 0 fully saturated rings. The van der Waals surface area contributed by atoms with Crippen LogP contribution in [-0.4, -0.2) is 31.9 Å². The monoisotopic (exact) mass is 494 g/mol. The van der Waals surface area contributed by atoms with Crippen LogP contribution in [0.15, 0.2) is 90.3 Å². The molecule has 0 aliphatic carbocycles. The van der Waals surface area contributed by atoms with E-state index in [9.17, 15) is 27.5 Å². The van der Waals surface area contributed by atoms with E-state index in [4.69, 9.17) is 0 Å². The summed E-state index contributed by atoms with van der Waals surface area (Å²) in [5.41, 5.74) is -1.08. The second-order valence-electron chi connectivity index (χ2n) is 8.26. The van der Waals surface area contributed by atoms with Gasteiger partial charge in [-0.2, -0.15) is 0 Å². The van der Waals surface area contributed by atoms with Crippen LogP contribution in [0.4, 0.5) is 10.1 Å². The van der Waals surface area contributed by atoms with Crippen molar-refractivity contribution in [1.29, 1.82) is 0 Å². The second-order valence-corrected chi connectivity index (χ2v) is 9.94. The van der Waals surface area contributed by atoms with E-state index in [1.165, 1.54) is 41.3 Å². The van der Waals surface area contributed by atoms with Crippen LogP contribution in [0.2, 0.25) is 0 Å². The van der Waals surface area contributed by atoms with Crippen molar-refractivity contribution < 1.29 is 27.5 Å². The van der Waals surface area contributed by atoms with Crippen molar-refractivity contribution in [2.24, 2.45) is 0 Å². The van der Waals surface area contributed by atoms with Crippen LogP contribution in [0.1, 0.15) is 22.6 Å². The third kappa shape index (κ3) is 4.24. The fraction of sp³-hybridized carbons (Fsp3) is 0.154. The third-order valence-electron chi connectivity index (χ3n) is 5.94. The van der Waals surface area contributed by atoms with Gasteiger partial charge in [-0.25, -0.2) is 17.5 Å². The van der Waals surface area contributed by atoms with E-state index in [-0.39, 0.29) is 22.6 Å². The van der Waals surface area contributed by atoms with Gasteiger partial charge in [0.2, 0.25) is 5.91 Å². The number of carbonyl (C=O) groups is 2. The lowest BCUT2D eigenvalue weighted by Gasteiger charge is -2.31. The van der Waals surface area contributed by atoms with Crippen LogP contribution in [0.5, 0.6) is 0 Å². The molecule has 0 bridgehead atoms. The highest BCUT2D eigenvalue weighted by Gasteiger charge is 2.57. The van der Waals surface area contributed by atoms with E-state index in [0.29, 0.717) is 5.69 Å². The van der Waals surface area contributed by atoms with E-state index >= 15 is 0 Å². The fourth-order valence-corrected chi connectivity index (χ4v) is 5.25. The number of fused-ring (bicyclic) bond motifs is 1. The Labute approximate surface area is 202 Å². The number of nitrogens with zero attached hydrogens (tertiary/aromatic N) is 1. The summed E-state index contributed by atoms with van der Waals surface area (Å²) in [6.45, 7) is 5.48. The molecule has 7 nitrogen and oxygen atoms in total. The lowest BCUT2D eigenvalue weighted by molar-refractivity contribution is -0.145. The standard InChI is InChI=1S/C26H23FN2O5S/c1-3-16-29-22-7-5-4-6-21(22)26(32,25(29)31)23(18-10-12-19(27)13-11-18)24(30)28-35(33,34)20-14-8-17(2)9-15-20/h3-15,23,32H,1,16H2,2H3,(H,28,30). The highest BCUT2D eigenvalue weighted by Crippen LogP contribution is 2.48. The Hall–Kier alpha value is -3.82. The molecule has 1 aliphatic rings. The summed E-state index contributed by atoms with van der Waals surface area (Å²) >= 11 is 0. The van der Waals surface area contributed by atoms with Crippen molar-refractivity contribution >= 4 is 27.5 Å². The van der Waals surface area contributed by atoms with Gasteiger partial charge in [-0.15, -0.1) is 6.58 Å². The van der Waals surface area contributed by atoms with E-state index in [1.54, 1.807) is 37.3 Å². The largest absolute Gasteiger partial charge is 0.374 e. The van der Waals surface area contributed by atoms with Gasteiger partial charge in [0.1, 0.15) is 11.7 Å². The molecule has 2 unspecified atom stereocenters. The van der Waals surface area contributed by atoms with Gasteiger partial charge in [-0.3, -0.25) is 9.59 Å². The molecule has 3 aromatic carbocycles. The topological polar surface area (TPSA) is 104 Å². The summed E-state index contributed by atoms with van der Waals surface area (Å²) in [6, 6.07) is 16.8. The lowest BCUT2D eigenvalue weighted by atomic mass is 9.77. The summed E-state index contributed by atoms with van der Waals surface area (Å²) in [5, 5.41) is 11.9. The zero-order valence-electron chi connectivity index (χ0n) is 18.8. The molecule has 1 heterocycles. The minimum Gasteiger partial charge on any atom is -0.374 e. The molecule has 0 saturated carbocycles. The average Bonchev–Trinajstić information content (AvgIpc) is 3.03. The highest BCUT2D eigenvalue weighted by atomic mass is 32.2. The number of hydrogen-bond donors (Lipinski definition) is 2. The summed E-state index contributed by atoms with van der Waals surface area (Å²) in [5.74, 6) is -4.26. The number of amides is 2. The summed E-state index contributed by atoms with van der Waals surface area (Å²) in [6.07, 6.45) is 1.47. The number of para-hydroxylation sites is 1. The van der Waals surface area contributed by atoms with Gasteiger partial charge in [-0.1, -0.05) is 54.1 Å². The molecule has 0 aromatic heterocycles. The Balaban J connectivity index is 1.85. The quantitative estimate of drug-likeness (QED) is 0.491. The number of nitrogens with one attached hydrogen (secondary N) is 1. The first kappa shape index (κ1) is 24.3. The van der Waals surface area contributed by atoms with Crippen LogP contribution < -0.4 is 9.62 Å². The number of hydrogen-bond acceptors (Lipinski definition) is 5. The smallest absolute Gasteiger partial charge is 0.265 e. The van der Waals surface area contributed by atoms with Gasteiger partial charge >= 0.3 is 0 Å². The van der Waals surface area contributed by atoms with Gasteiger partial charge in [0.05, 0.1) is 10.6 Å². The summed E-state index contributed by atoms with van der Waals surface area (Å²) < 4.78 is 41.6. The number of aryl methyl sites for hydroxylation is 1. The maximum atomic E-state index is 13.7. The molecule has 0 saturated heterocycles. The second kappa shape index (κ2) is 9.09. The predicted octanol–water partition coefficient (Wildman–Crippen LogP) is 3.14. The third-order valence-corrected chi connectivity index (χ3v) is 7.30. The van der Waals surface area contributed by atoms with Crippen LogP contribution in [-0.2, 0) is 25.2 Å². The Morgan fingerprint density at radius 1 is 1.11 bits per heavy atom. The molecule has 35 heavy (non-hydrogen) atoms. The number of rotatable bonds is 7. The first-order valence-corrected chi connectivity index (χ1v) is 12.2. The summed E-state index contributed by atoms with van der Waals surface area (Å²) in [4.78, 5) is 28.2. The molecule has 2 atom stereocenters. The van der Waals surface area contributed by atoms with E-state index in [1.807, 2.05) is 4.72 Å². The molecular formula is C26H23FN2O5S. The molecule has 9 heteroatoms. The van der Waals surface area contributed by atoms with E-state index < -0.39 is 39.2 Å². The van der Waals surface area contributed by atoms with Crippen LogP contribution in [0.25, 0.3) is 0 Å². The molecule has 180 valence electrons. The Bertz CT molecular complexity index is 1400. The van der Waals surface area contributed by atoms with Crippen molar-refractivity contribution in [2.45, 2.75) is 23.3 Å². The zero-order valence-corrected chi connectivity index (χ0v) is 19.6.